The smallest absolute Gasteiger partial charge is 0.331 e. The standard InChI is InChI=1S/C15H19NO5/c1-16(2)14(17)10-21-15(18)8-6-11-5-7-12(19-3)13(9-11)20-4/h5-9H,10H2,1-4H3/b8-6+. The quantitative estimate of drug-likeness (QED) is 0.585. The molecule has 0 aliphatic heterocycles. The highest BCUT2D eigenvalue weighted by atomic mass is 16.5. The summed E-state index contributed by atoms with van der Waals surface area (Å²) in [5.41, 5.74) is 0.753. The van der Waals surface area contributed by atoms with Gasteiger partial charge in [-0.05, 0) is 23.8 Å². The number of carbonyl (C=O) groups excluding carboxylic acids is 2. The second kappa shape index (κ2) is 7.94. The van der Waals surface area contributed by atoms with Gasteiger partial charge in [-0.2, -0.15) is 0 Å². The summed E-state index contributed by atoms with van der Waals surface area (Å²) in [5.74, 6) is 0.312. The first kappa shape index (κ1) is 16.6. The number of esters is 1. The Hall–Kier alpha value is -2.50. The van der Waals surface area contributed by atoms with Crippen LogP contribution in [-0.2, 0) is 14.3 Å². The van der Waals surface area contributed by atoms with Crippen LogP contribution >= 0.6 is 0 Å². The molecule has 0 aliphatic rings. The summed E-state index contributed by atoms with van der Waals surface area (Å²) in [7, 11) is 6.27. The second-order valence-electron chi connectivity index (χ2n) is 4.34. The molecule has 6 nitrogen and oxygen atoms in total. The SMILES string of the molecule is COc1ccc(/C=C/C(=O)OCC(=O)N(C)C)cc1OC. The van der Waals surface area contributed by atoms with E-state index in [-0.39, 0.29) is 12.5 Å². The highest BCUT2D eigenvalue weighted by molar-refractivity contribution is 5.89. The van der Waals surface area contributed by atoms with Gasteiger partial charge >= 0.3 is 5.97 Å². The van der Waals surface area contributed by atoms with Crippen LogP contribution in [0.25, 0.3) is 6.08 Å². The van der Waals surface area contributed by atoms with Crippen molar-refractivity contribution < 1.29 is 23.8 Å². The summed E-state index contributed by atoms with van der Waals surface area (Å²) in [4.78, 5) is 24.1. The zero-order chi connectivity index (χ0) is 15.8. The highest BCUT2D eigenvalue weighted by Gasteiger charge is 2.07. The fourth-order valence-electron chi connectivity index (χ4n) is 1.43. The highest BCUT2D eigenvalue weighted by Crippen LogP contribution is 2.27. The minimum absolute atomic E-state index is 0.275. The van der Waals surface area contributed by atoms with Gasteiger partial charge in [-0.15, -0.1) is 0 Å². The Labute approximate surface area is 123 Å². The number of methoxy groups -OCH3 is 2. The fraction of sp³-hybridized carbons (Fsp3) is 0.333. The molecular weight excluding hydrogens is 274 g/mol. The van der Waals surface area contributed by atoms with Gasteiger partial charge in [-0.3, -0.25) is 4.79 Å². The molecule has 0 heterocycles. The molecular formula is C15H19NO5. The minimum Gasteiger partial charge on any atom is -0.493 e. The summed E-state index contributed by atoms with van der Waals surface area (Å²) >= 11 is 0. The van der Waals surface area contributed by atoms with E-state index in [9.17, 15) is 9.59 Å². The molecule has 114 valence electrons. The second-order valence-corrected chi connectivity index (χ2v) is 4.34. The van der Waals surface area contributed by atoms with Crippen molar-refractivity contribution in [3.63, 3.8) is 0 Å². The number of rotatable bonds is 6. The molecule has 0 saturated heterocycles. The zero-order valence-corrected chi connectivity index (χ0v) is 12.6. The third kappa shape index (κ3) is 5.18. The van der Waals surface area contributed by atoms with Gasteiger partial charge in [-0.25, -0.2) is 4.79 Å². The average Bonchev–Trinajstić information content (AvgIpc) is 2.49. The van der Waals surface area contributed by atoms with Gasteiger partial charge in [0, 0.05) is 20.2 Å². The van der Waals surface area contributed by atoms with Gasteiger partial charge in [0.1, 0.15) is 0 Å². The van der Waals surface area contributed by atoms with E-state index in [1.807, 2.05) is 0 Å². The predicted octanol–water partition coefficient (Wildman–Crippen LogP) is 1.35. The maximum absolute atomic E-state index is 11.5. The molecule has 0 aliphatic carbocycles. The lowest BCUT2D eigenvalue weighted by molar-refractivity contribution is -0.146. The fourth-order valence-corrected chi connectivity index (χ4v) is 1.43. The van der Waals surface area contributed by atoms with Gasteiger partial charge in [0.15, 0.2) is 18.1 Å². The van der Waals surface area contributed by atoms with Gasteiger partial charge in [0.25, 0.3) is 5.91 Å². The first-order valence-corrected chi connectivity index (χ1v) is 6.25. The van der Waals surface area contributed by atoms with Crippen molar-refractivity contribution in [3.05, 3.63) is 29.8 Å². The van der Waals surface area contributed by atoms with Crippen molar-refractivity contribution in [1.29, 1.82) is 0 Å². The third-order valence-electron chi connectivity index (χ3n) is 2.66. The van der Waals surface area contributed by atoms with Crippen LogP contribution in [0.4, 0.5) is 0 Å². The molecule has 0 bridgehead atoms. The molecule has 1 rings (SSSR count). The number of benzene rings is 1. The van der Waals surface area contributed by atoms with E-state index in [4.69, 9.17) is 14.2 Å². The van der Waals surface area contributed by atoms with Crippen LogP contribution in [0, 0.1) is 0 Å². The summed E-state index contributed by atoms with van der Waals surface area (Å²) in [6.45, 7) is -0.276. The normalized spacial score (nSPS) is 10.3. The molecule has 0 radical (unpaired) electrons. The summed E-state index contributed by atoms with van der Waals surface area (Å²) < 4.78 is 15.1. The zero-order valence-electron chi connectivity index (χ0n) is 12.6. The van der Waals surface area contributed by atoms with E-state index in [1.54, 1.807) is 45.5 Å². The van der Waals surface area contributed by atoms with E-state index in [0.717, 1.165) is 5.56 Å². The van der Waals surface area contributed by atoms with Crippen molar-refractivity contribution in [2.75, 3.05) is 34.9 Å². The van der Waals surface area contributed by atoms with Crippen LogP contribution in [0.3, 0.4) is 0 Å². The monoisotopic (exact) mass is 293 g/mol. The molecule has 1 amide bonds. The molecule has 0 atom stereocenters. The molecule has 0 aromatic heterocycles. The van der Waals surface area contributed by atoms with Gasteiger partial charge in [0.2, 0.25) is 0 Å². The number of carbonyl (C=O) groups is 2. The maximum Gasteiger partial charge on any atom is 0.331 e. The van der Waals surface area contributed by atoms with Gasteiger partial charge in [0.05, 0.1) is 14.2 Å². The minimum atomic E-state index is -0.583. The van der Waals surface area contributed by atoms with Crippen molar-refractivity contribution in [1.82, 2.24) is 4.90 Å². The van der Waals surface area contributed by atoms with Crippen molar-refractivity contribution >= 4 is 18.0 Å². The van der Waals surface area contributed by atoms with Crippen molar-refractivity contribution in [2.45, 2.75) is 0 Å². The van der Waals surface area contributed by atoms with E-state index < -0.39 is 5.97 Å². The lowest BCUT2D eigenvalue weighted by Gasteiger charge is -2.09. The predicted molar refractivity (Wildman–Crippen MR) is 78.2 cm³/mol. The Morgan fingerprint density at radius 3 is 2.38 bits per heavy atom. The number of likely N-dealkylation sites (N-methyl/N-ethyl adjacent to an activating group) is 1. The topological polar surface area (TPSA) is 65.1 Å². The third-order valence-corrected chi connectivity index (χ3v) is 2.66. The Kier molecular flexibility index (Phi) is 6.26. The Bertz CT molecular complexity index is 537. The molecule has 1 aromatic carbocycles. The lowest BCUT2D eigenvalue weighted by atomic mass is 10.2. The van der Waals surface area contributed by atoms with Crippen LogP contribution in [0.15, 0.2) is 24.3 Å². The molecule has 0 unspecified atom stereocenters. The first-order valence-electron chi connectivity index (χ1n) is 6.25. The van der Waals surface area contributed by atoms with E-state index in [0.29, 0.717) is 11.5 Å². The summed E-state index contributed by atoms with van der Waals surface area (Å²) in [6.07, 6.45) is 2.83. The number of nitrogens with zero attached hydrogens (tertiary/aromatic N) is 1. The molecule has 0 N–H and O–H groups in total. The Morgan fingerprint density at radius 2 is 1.81 bits per heavy atom. The van der Waals surface area contributed by atoms with Crippen molar-refractivity contribution in [3.8, 4) is 11.5 Å². The van der Waals surface area contributed by atoms with E-state index >= 15 is 0 Å². The largest absolute Gasteiger partial charge is 0.493 e. The van der Waals surface area contributed by atoms with Gasteiger partial charge < -0.3 is 19.1 Å². The molecule has 21 heavy (non-hydrogen) atoms. The summed E-state index contributed by atoms with van der Waals surface area (Å²) in [5, 5.41) is 0. The molecule has 0 saturated carbocycles. The van der Waals surface area contributed by atoms with Crippen LogP contribution in [0.1, 0.15) is 5.56 Å². The maximum atomic E-state index is 11.5. The van der Waals surface area contributed by atoms with E-state index in [2.05, 4.69) is 0 Å². The Morgan fingerprint density at radius 1 is 1.14 bits per heavy atom. The van der Waals surface area contributed by atoms with Crippen LogP contribution in [0.2, 0.25) is 0 Å². The van der Waals surface area contributed by atoms with Gasteiger partial charge in [-0.1, -0.05) is 6.07 Å². The average molecular weight is 293 g/mol. The number of amides is 1. The number of hydrogen-bond acceptors (Lipinski definition) is 5. The first-order chi connectivity index (χ1) is 9.97. The molecule has 6 heteroatoms. The van der Waals surface area contributed by atoms with Crippen LogP contribution < -0.4 is 9.47 Å². The lowest BCUT2D eigenvalue weighted by Crippen LogP contribution is -2.27. The van der Waals surface area contributed by atoms with Crippen LogP contribution in [0.5, 0.6) is 11.5 Å². The molecule has 0 fully saturated rings. The van der Waals surface area contributed by atoms with Crippen molar-refractivity contribution in [2.24, 2.45) is 0 Å². The van der Waals surface area contributed by atoms with E-state index in [1.165, 1.54) is 18.1 Å². The number of hydrogen-bond donors (Lipinski definition) is 0. The molecule has 0 spiro atoms. The van der Waals surface area contributed by atoms with Crippen LogP contribution in [-0.4, -0.2) is 51.7 Å². The summed E-state index contributed by atoms with van der Waals surface area (Å²) in [6, 6.07) is 5.24. The number of ether oxygens (including phenoxy) is 3. The molecule has 1 aromatic rings. The Balaban J connectivity index is 2.64.